The van der Waals surface area contributed by atoms with Crippen LogP contribution in [0, 0.1) is 0 Å². The predicted molar refractivity (Wildman–Crippen MR) is 65.7 cm³/mol. The Morgan fingerprint density at radius 1 is 1.33 bits per heavy atom. The molecule has 1 rings (SSSR count). The maximum absolute atomic E-state index is 11.5. The fourth-order valence-electron chi connectivity index (χ4n) is 1.46. The summed E-state index contributed by atoms with van der Waals surface area (Å²) in [7, 11) is 1.67. The van der Waals surface area contributed by atoms with Crippen LogP contribution >= 0.6 is 12.4 Å². The smallest absolute Gasteiger partial charge is 0.251 e. The molecule has 0 saturated carbocycles. The highest BCUT2D eigenvalue weighted by Gasteiger charge is 2.07. The van der Waals surface area contributed by atoms with Crippen molar-refractivity contribution in [1.29, 1.82) is 0 Å². The second-order valence-corrected chi connectivity index (χ2v) is 3.34. The maximum atomic E-state index is 11.5. The van der Waals surface area contributed by atoms with Gasteiger partial charge in [0.05, 0.1) is 0 Å². The second-order valence-electron chi connectivity index (χ2n) is 3.34. The van der Waals surface area contributed by atoms with Gasteiger partial charge in [0.1, 0.15) is 0 Å². The van der Waals surface area contributed by atoms with Gasteiger partial charge in [0.25, 0.3) is 5.91 Å². The van der Waals surface area contributed by atoms with Crippen LogP contribution in [0.15, 0.2) is 24.3 Å². The van der Waals surface area contributed by atoms with E-state index in [2.05, 4.69) is 12.2 Å². The van der Waals surface area contributed by atoms with Crippen LogP contribution in [0.3, 0.4) is 0 Å². The van der Waals surface area contributed by atoms with Crippen molar-refractivity contribution in [1.82, 2.24) is 5.32 Å². The van der Waals surface area contributed by atoms with Crippen molar-refractivity contribution in [3.63, 3.8) is 0 Å². The Morgan fingerprint density at radius 2 is 2.00 bits per heavy atom. The Hall–Kier alpha value is -1.02. The van der Waals surface area contributed by atoms with Crippen LogP contribution in [0.1, 0.15) is 35.7 Å². The molecule has 0 fully saturated rings. The van der Waals surface area contributed by atoms with Gasteiger partial charge in [-0.05, 0) is 24.5 Å². The van der Waals surface area contributed by atoms with Crippen molar-refractivity contribution in [3.05, 3.63) is 35.4 Å². The first-order valence-corrected chi connectivity index (χ1v) is 5.09. The van der Waals surface area contributed by atoms with E-state index in [1.165, 1.54) is 0 Å². The van der Waals surface area contributed by atoms with E-state index >= 15 is 0 Å². The summed E-state index contributed by atoms with van der Waals surface area (Å²) < 4.78 is 0. The zero-order valence-corrected chi connectivity index (χ0v) is 10.1. The van der Waals surface area contributed by atoms with Crippen molar-refractivity contribution in [3.8, 4) is 0 Å². The molecule has 1 aromatic carbocycles. The number of carbonyl (C=O) groups is 1. The minimum atomic E-state index is 0. The fourth-order valence-corrected chi connectivity index (χ4v) is 1.46. The van der Waals surface area contributed by atoms with E-state index in [-0.39, 0.29) is 18.3 Å². The van der Waals surface area contributed by atoms with Gasteiger partial charge in [0, 0.05) is 12.6 Å². The molecule has 0 saturated heterocycles. The zero-order valence-electron chi connectivity index (χ0n) is 9.25. The number of hydrogen-bond donors (Lipinski definition) is 1. The van der Waals surface area contributed by atoms with Crippen LogP contribution in [0.2, 0.25) is 0 Å². The molecule has 0 unspecified atom stereocenters. The first-order valence-electron chi connectivity index (χ1n) is 5.09. The van der Waals surface area contributed by atoms with Crippen LogP contribution in [0.5, 0.6) is 0 Å². The molecule has 0 aromatic heterocycles. The van der Waals surface area contributed by atoms with Gasteiger partial charge in [-0.1, -0.05) is 31.5 Å². The average Bonchev–Trinajstić information content (AvgIpc) is 2.25. The molecular formula is C12H18ClNO. The average molecular weight is 228 g/mol. The molecule has 0 aliphatic carbocycles. The fraction of sp³-hybridized carbons (Fsp3) is 0.417. The van der Waals surface area contributed by atoms with Crippen LogP contribution in [-0.4, -0.2) is 13.0 Å². The lowest BCUT2D eigenvalue weighted by atomic mass is 10.0. The van der Waals surface area contributed by atoms with Gasteiger partial charge in [0.2, 0.25) is 0 Å². The number of hydrogen-bond acceptors (Lipinski definition) is 1. The number of aryl methyl sites for hydroxylation is 1. The molecule has 1 amide bonds. The Kier molecular flexibility index (Phi) is 6.80. The third-order valence-electron chi connectivity index (χ3n) is 2.29. The summed E-state index contributed by atoms with van der Waals surface area (Å²) in [5.41, 5.74) is 1.96. The van der Waals surface area contributed by atoms with Gasteiger partial charge >= 0.3 is 0 Å². The summed E-state index contributed by atoms with van der Waals surface area (Å²) in [6.07, 6.45) is 3.27. The highest BCUT2D eigenvalue weighted by atomic mass is 35.5. The number of unbranched alkanes of at least 4 members (excludes halogenated alkanes) is 1. The van der Waals surface area contributed by atoms with Crippen molar-refractivity contribution >= 4 is 18.3 Å². The van der Waals surface area contributed by atoms with E-state index in [9.17, 15) is 4.79 Å². The summed E-state index contributed by atoms with van der Waals surface area (Å²) in [5, 5.41) is 2.66. The van der Waals surface area contributed by atoms with Crippen LogP contribution in [0.4, 0.5) is 0 Å². The Balaban J connectivity index is 0.00000196. The monoisotopic (exact) mass is 227 g/mol. The van der Waals surface area contributed by atoms with E-state index < -0.39 is 0 Å². The molecule has 0 aliphatic rings. The van der Waals surface area contributed by atoms with E-state index in [0.717, 1.165) is 30.4 Å². The molecule has 1 N–H and O–H groups in total. The molecule has 1 aromatic rings. The first-order chi connectivity index (χ1) is 6.79. The van der Waals surface area contributed by atoms with Gasteiger partial charge in [-0.25, -0.2) is 0 Å². The van der Waals surface area contributed by atoms with Gasteiger partial charge < -0.3 is 5.32 Å². The summed E-state index contributed by atoms with van der Waals surface area (Å²) in [5.74, 6) is 0.0108. The normalized spacial score (nSPS) is 9.20. The zero-order chi connectivity index (χ0) is 10.4. The lowest BCUT2D eigenvalue weighted by Gasteiger charge is -2.06. The minimum Gasteiger partial charge on any atom is -0.355 e. The Labute approximate surface area is 97.5 Å². The van der Waals surface area contributed by atoms with E-state index in [0.29, 0.717) is 0 Å². The molecule has 0 heterocycles. The van der Waals surface area contributed by atoms with Crippen LogP contribution in [0.25, 0.3) is 0 Å². The van der Waals surface area contributed by atoms with Gasteiger partial charge in [0.15, 0.2) is 0 Å². The highest BCUT2D eigenvalue weighted by molar-refractivity contribution is 5.95. The van der Waals surface area contributed by atoms with E-state index in [4.69, 9.17) is 0 Å². The lowest BCUT2D eigenvalue weighted by molar-refractivity contribution is 0.0962. The summed E-state index contributed by atoms with van der Waals surface area (Å²) in [6.45, 7) is 2.16. The number of nitrogens with one attached hydrogen (secondary N) is 1. The summed E-state index contributed by atoms with van der Waals surface area (Å²) in [4.78, 5) is 11.5. The van der Waals surface area contributed by atoms with Gasteiger partial charge in [-0.3, -0.25) is 4.79 Å². The first kappa shape index (κ1) is 14.0. The molecule has 0 aliphatic heterocycles. The number of halogens is 1. The molecular weight excluding hydrogens is 210 g/mol. The highest BCUT2D eigenvalue weighted by Crippen LogP contribution is 2.11. The van der Waals surface area contributed by atoms with Crippen molar-refractivity contribution < 1.29 is 4.79 Å². The molecule has 0 atom stereocenters. The predicted octanol–water partition coefficient (Wildman–Crippen LogP) is 2.81. The number of amides is 1. The topological polar surface area (TPSA) is 29.1 Å². The van der Waals surface area contributed by atoms with Gasteiger partial charge in [-0.15, -0.1) is 12.4 Å². The quantitative estimate of drug-likeness (QED) is 0.842. The van der Waals surface area contributed by atoms with E-state index in [1.54, 1.807) is 7.05 Å². The maximum Gasteiger partial charge on any atom is 0.251 e. The third kappa shape index (κ3) is 3.92. The molecule has 0 spiro atoms. The lowest BCUT2D eigenvalue weighted by Crippen LogP contribution is -2.19. The summed E-state index contributed by atoms with van der Waals surface area (Å²) in [6, 6.07) is 7.79. The number of carbonyl (C=O) groups excluding carboxylic acids is 1. The van der Waals surface area contributed by atoms with Gasteiger partial charge in [-0.2, -0.15) is 0 Å². The molecule has 3 heteroatoms. The SMILES string of the molecule is CCCCc1ccccc1C(=O)NC.Cl. The minimum absolute atomic E-state index is 0. The van der Waals surface area contributed by atoms with Crippen molar-refractivity contribution in [2.45, 2.75) is 26.2 Å². The van der Waals surface area contributed by atoms with Crippen molar-refractivity contribution in [2.75, 3.05) is 7.05 Å². The number of benzene rings is 1. The Morgan fingerprint density at radius 3 is 2.60 bits per heavy atom. The second kappa shape index (κ2) is 7.30. The van der Waals surface area contributed by atoms with Crippen molar-refractivity contribution in [2.24, 2.45) is 0 Å². The standard InChI is InChI=1S/C12H17NO.ClH/c1-3-4-7-10-8-5-6-9-11(10)12(14)13-2;/h5-6,8-9H,3-4,7H2,1-2H3,(H,13,14);1H. The summed E-state index contributed by atoms with van der Waals surface area (Å²) >= 11 is 0. The molecule has 0 bridgehead atoms. The number of rotatable bonds is 4. The molecule has 15 heavy (non-hydrogen) atoms. The Bertz CT molecular complexity index is 312. The third-order valence-corrected chi connectivity index (χ3v) is 2.29. The molecule has 0 radical (unpaired) electrons. The van der Waals surface area contributed by atoms with Crippen LogP contribution < -0.4 is 5.32 Å². The molecule has 84 valence electrons. The van der Waals surface area contributed by atoms with E-state index in [1.807, 2.05) is 24.3 Å². The largest absolute Gasteiger partial charge is 0.355 e. The van der Waals surface area contributed by atoms with Crippen LogP contribution in [-0.2, 0) is 6.42 Å². The molecule has 2 nitrogen and oxygen atoms in total.